The third-order valence-electron chi connectivity index (χ3n) is 2.98. The van der Waals surface area contributed by atoms with Crippen LogP contribution in [0.25, 0.3) is 0 Å². The molecule has 0 aliphatic rings. The Morgan fingerprint density at radius 1 is 1.05 bits per heavy atom. The topological polar surface area (TPSA) is 59.9 Å². The van der Waals surface area contributed by atoms with E-state index in [4.69, 9.17) is 4.74 Å². The molecule has 0 aliphatic heterocycles. The van der Waals surface area contributed by atoms with Crippen molar-refractivity contribution >= 4 is 5.95 Å². The Bertz CT molecular complexity index is 613. The maximum atomic E-state index is 5.90. The maximum absolute atomic E-state index is 5.90. The average Bonchev–Trinajstić information content (AvgIpc) is 2.46. The minimum Gasteiger partial charge on any atom is -0.437 e. The number of nitrogens with zero attached hydrogens (tertiary/aromatic N) is 3. The molecule has 1 N–H and O–H groups in total. The van der Waals surface area contributed by atoms with Gasteiger partial charge in [0.25, 0.3) is 0 Å². The molecule has 5 heteroatoms. The van der Waals surface area contributed by atoms with Gasteiger partial charge in [0.2, 0.25) is 11.8 Å². The summed E-state index contributed by atoms with van der Waals surface area (Å²) in [7, 11) is 0. The van der Waals surface area contributed by atoms with E-state index in [0.717, 1.165) is 42.2 Å². The van der Waals surface area contributed by atoms with E-state index in [0.29, 0.717) is 11.8 Å². The molecule has 0 aromatic carbocycles. The summed E-state index contributed by atoms with van der Waals surface area (Å²) in [5.74, 6) is 1.90. The molecular weight excluding hydrogens is 264 g/mol. The van der Waals surface area contributed by atoms with E-state index in [1.807, 2.05) is 32.0 Å². The van der Waals surface area contributed by atoms with Crippen molar-refractivity contribution in [2.45, 2.75) is 40.5 Å². The van der Waals surface area contributed by atoms with Crippen LogP contribution in [0.5, 0.6) is 11.6 Å². The second kappa shape index (κ2) is 7.02. The van der Waals surface area contributed by atoms with Crippen molar-refractivity contribution in [1.82, 2.24) is 15.0 Å². The lowest BCUT2D eigenvalue weighted by molar-refractivity contribution is 0.452. The molecule has 0 saturated carbocycles. The first-order valence-electron chi connectivity index (χ1n) is 7.36. The number of aryl methyl sites for hydroxylation is 3. The quantitative estimate of drug-likeness (QED) is 0.878. The largest absolute Gasteiger partial charge is 0.437 e. The van der Waals surface area contributed by atoms with Crippen LogP contribution >= 0.6 is 0 Å². The summed E-state index contributed by atoms with van der Waals surface area (Å²) in [6.45, 7) is 8.92. The van der Waals surface area contributed by atoms with E-state index >= 15 is 0 Å². The molecule has 112 valence electrons. The third-order valence-corrected chi connectivity index (χ3v) is 2.98. The molecule has 0 aliphatic carbocycles. The Balaban J connectivity index is 2.24. The molecular formula is C16H22N4O. The van der Waals surface area contributed by atoms with Gasteiger partial charge in [0.1, 0.15) is 0 Å². The molecule has 2 rings (SSSR count). The fourth-order valence-corrected chi connectivity index (χ4v) is 1.96. The summed E-state index contributed by atoms with van der Waals surface area (Å²) in [4.78, 5) is 13.2. The first-order valence-corrected chi connectivity index (χ1v) is 7.36. The molecule has 0 amide bonds. The minimum absolute atomic E-state index is 0.543. The number of pyridine rings is 1. The SMILES string of the molecule is CCCNc1nc(C)cc(Oc2ccc(C)nc2CC)n1. The Morgan fingerprint density at radius 3 is 2.57 bits per heavy atom. The van der Waals surface area contributed by atoms with Gasteiger partial charge in [-0.3, -0.25) is 4.98 Å². The zero-order valence-electron chi connectivity index (χ0n) is 13.1. The number of aromatic nitrogens is 3. The van der Waals surface area contributed by atoms with Gasteiger partial charge in [-0.15, -0.1) is 0 Å². The van der Waals surface area contributed by atoms with Crippen LogP contribution in [0.3, 0.4) is 0 Å². The lowest BCUT2D eigenvalue weighted by atomic mass is 10.2. The molecule has 2 heterocycles. The lowest BCUT2D eigenvalue weighted by Gasteiger charge is -2.11. The van der Waals surface area contributed by atoms with Crippen molar-refractivity contribution in [2.75, 3.05) is 11.9 Å². The van der Waals surface area contributed by atoms with E-state index in [1.54, 1.807) is 0 Å². The highest BCUT2D eigenvalue weighted by molar-refractivity contribution is 5.36. The van der Waals surface area contributed by atoms with Gasteiger partial charge in [-0.25, -0.2) is 4.98 Å². The van der Waals surface area contributed by atoms with E-state index in [9.17, 15) is 0 Å². The second-order valence-corrected chi connectivity index (χ2v) is 4.95. The van der Waals surface area contributed by atoms with Gasteiger partial charge in [-0.1, -0.05) is 13.8 Å². The van der Waals surface area contributed by atoms with Gasteiger partial charge in [0.05, 0.1) is 5.69 Å². The third kappa shape index (κ3) is 4.15. The number of hydrogen-bond donors (Lipinski definition) is 1. The molecule has 0 fully saturated rings. The predicted molar refractivity (Wildman–Crippen MR) is 84.0 cm³/mol. The fraction of sp³-hybridized carbons (Fsp3) is 0.438. The number of ether oxygens (including phenoxy) is 1. The first-order chi connectivity index (χ1) is 10.1. The Kier molecular flexibility index (Phi) is 5.09. The van der Waals surface area contributed by atoms with Gasteiger partial charge < -0.3 is 10.1 Å². The van der Waals surface area contributed by atoms with Gasteiger partial charge in [0.15, 0.2) is 5.75 Å². The molecule has 0 bridgehead atoms. The van der Waals surface area contributed by atoms with Crippen molar-refractivity contribution < 1.29 is 4.74 Å². The van der Waals surface area contributed by atoms with Gasteiger partial charge in [-0.05, 0) is 38.8 Å². The summed E-state index contributed by atoms with van der Waals surface area (Å²) < 4.78 is 5.90. The number of hydrogen-bond acceptors (Lipinski definition) is 5. The highest BCUT2D eigenvalue weighted by Crippen LogP contribution is 2.24. The van der Waals surface area contributed by atoms with Crippen molar-refractivity contribution in [1.29, 1.82) is 0 Å². The summed E-state index contributed by atoms with van der Waals surface area (Å²) in [6.07, 6.45) is 1.84. The van der Waals surface area contributed by atoms with Gasteiger partial charge >= 0.3 is 0 Å². The Morgan fingerprint density at radius 2 is 1.86 bits per heavy atom. The molecule has 2 aromatic rings. The monoisotopic (exact) mass is 286 g/mol. The van der Waals surface area contributed by atoms with Crippen molar-refractivity contribution in [3.8, 4) is 11.6 Å². The van der Waals surface area contributed by atoms with Crippen LogP contribution in [-0.2, 0) is 6.42 Å². The van der Waals surface area contributed by atoms with E-state index in [2.05, 4.69) is 34.1 Å². The molecule has 0 radical (unpaired) electrons. The van der Waals surface area contributed by atoms with Crippen LogP contribution < -0.4 is 10.1 Å². The van der Waals surface area contributed by atoms with Crippen LogP contribution in [0.2, 0.25) is 0 Å². The fourth-order valence-electron chi connectivity index (χ4n) is 1.96. The molecule has 2 aromatic heterocycles. The van der Waals surface area contributed by atoms with Crippen molar-refractivity contribution in [2.24, 2.45) is 0 Å². The zero-order valence-corrected chi connectivity index (χ0v) is 13.1. The Labute approximate surface area is 125 Å². The molecule has 0 spiro atoms. The standard InChI is InChI=1S/C16H22N4O/c1-5-9-17-16-19-12(4)10-15(20-16)21-14-8-7-11(3)18-13(14)6-2/h7-8,10H,5-6,9H2,1-4H3,(H,17,19,20). The Hall–Kier alpha value is -2.17. The maximum Gasteiger partial charge on any atom is 0.226 e. The average molecular weight is 286 g/mol. The number of anilines is 1. The van der Waals surface area contributed by atoms with Crippen LogP contribution in [0.15, 0.2) is 18.2 Å². The van der Waals surface area contributed by atoms with Crippen LogP contribution in [0.1, 0.15) is 37.4 Å². The number of rotatable bonds is 6. The highest BCUT2D eigenvalue weighted by atomic mass is 16.5. The van der Waals surface area contributed by atoms with Gasteiger partial charge in [0, 0.05) is 24.0 Å². The van der Waals surface area contributed by atoms with Gasteiger partial charge in [-0.2, -0.15) is 4.98 Å². The molecule has 0 saturated heterocycles. The van der Waals surface area contributed by atoms with Crippen molar-refractivity contribution in [3.05, 3.63) is 35.3 Å². The molecule has 0 atom stereocenters. The minimum atomic E-state index is 0.543. The van der Waals surface area contributed by atoms with E-state index in [1.165, 1.54) is 0 Å². The summed E-state index contributed by atoms with van der Waals surface area (Å²) in [5.41, 5.74) is 2.80. The normalized spacial score (nSPS) is 10.5. The van der Waals surface area contributed by atoms with Crippen LogP contribution in [0, 0.1) is 13.8 Å². The number of nitrogens with one attached hydrogen (secondary N) is 1. The van der Waals surface area contributed by atoms with E-state index in [-0.39, 0.29) is 0 Å². The molecule has 5 nitrogen and oxygen atoms in total. The zero-order chi connectivity index (χ0) is 15.2. The predicted octanol–water partition coefficient (Wildman–Crippen LogP) is 3.67. The van der Waals surface area contributed by atoms with Crippen LogP contribution in [0.4, 0.5) is 5.95 Å². The lowest BCUT2D eigenvalue weighted by Crippen LogP contribution is -2.06. The summed E-state index contributed by atoms with van der Waals surface area (Å²) in [6, 6.07) is 5.72. The second-order valence-electron chi connectivity index (χ2n) is 4.95. The van der Waals surface area contributed by atoms with E-state index < -0.39 is 0 Å². The summed E-state index contributed by atoms with van der Waals surface area (Å²) >= 11 is 0. The summed E-state index contributed by atoms with van der Waals surface area (Å²) in [5, 5.41) is 3.18. The smallest absolute Gasteiger partial charge is 0.226 e. The van der Waals surface area contributed by atoms with Crippen LogP contribution in [-0.4, -0.2) is 21.5 Å². The highest BCUT2D eigenvalue weighted by Gasteiger charge is 2.08. The first kappa shape index (κ1) is 15.2. The van der Waals surface area contributed by atoms with Crippen molar-refractivity contribution in [3.63, 3.8) is 0 Å². The molecule has 0 unspecified atom stereocenters. The molecule has 21 heavy (non-hydrogen) atoms.